The second-order valence-corrected chi connectivity index (χ2v) is 4.19. The van der Waals surface area contributed by atoms with E-state index in [4.69, 9.17) is 4.74 Å². The van der Waals surface area contributed by atoms with Gasteiger partial charge in [-0.3, -0.25) is 0 Å². The molecule has 0 spiro atoms. The molecule has 1 unspecified atom stereocenters. The van der Waals surface area contributed by atoms with E-state index in [0.29, 0.717) is 18.6 Å². The highest BCUT2D eigenvalue weighted by atomic mass is 16.5. The Hall–Kier alpha value is -0.340. The van der Waals surface area contributed by atoms with Gasteiger partial charge in [0.25, 0.3) is 0 Å². The van der Waals surface area contributed by atoms with Gasteiger partial charge in [-0.1, -0.05) is 27.4 Å². The summed E-state index contributed by atoms with van der Waals surface area (Å²) in [6, 6.07) is 0. The van der Waals surface area contributed by atoms with Crippen LogP contribution in [0.3, 0.4) is 0 Å². The summed E-state index contributed by atoms with van der Waals surface area (Å²) in [4.78, 5) is 0. The summed E-state index contributed by atoms with van der Waals surface area (Å²) < 4.78 is 5.66. The number of nitrogens with one attached hydrogen (secondary N) is 1. The lowest BCUT2D eigenvalue weighted by atomic mass is 10.1. The minimum Gasteiger partial charge on any atom is -0.374 e. The van der Waals surface area contributed by atoms with Crippen LogP contribution < -0.4 is 5.32 Å². The molecule has 0 fully saturated rings. The molecule has 2 nitrogen and oxygen atoms in total. The zero-order valence-corrected chi connectivity index (χ0v) is 10.1. The van der Waals surface area contributed by atoms with Gasteiger partial charge in [-0.2, -0.15) is 0 Å². The maximum absolute atomic E-state index is 5.66. The Morgan fingerprint density at radius 2 is 2.00 bits per heavy atom. The van der Waals surface area contributed by atoms with Gasteiger partial charge in [0.1, 0.15) is 0 Å². The Morgan fingerprint density at radius 1 is 1.36 bits per heavy atom. The van der Waals surface area contributed by atoms with Gasteiger partial charge in [-0.05, 0) is 31.4 Å². The van der Waals surface area contributed by atoms with Crippen molar-refractivity contribution in [1.29, 1.82) is 0 Å². The Bertz CT molecular complexity index is 154. The van der Waals surface area contributed by atoms with Gasteiger partial charge < -0.3 is 10.1 Å². The van der Waals surface area contributed by atoms with Gasteiger partial charge in [-0.15, -0.1) is 0 Å². The first-order valence-electron chi connectivity index (χ1n) is 5.56. The van der Waals surface area contributed by atoms with Crippen molar-refractivity contribution in [3.8, 4) is 0 Å². The van der Waals surface area contributed by atoms with Crippen LogP contribution in [0.1, 0.15) is 34.1 Å². The van der Waals surface area contributed by atoms with Gasteiger partial charge >= 0.3 is 0 Å². The zero-order valence-electron chi connectivity index (χ0n) is 10.1. The van der Waals surface area contributed by atoms with Crippen LogP contribution in [0.2, 0.25) is 0 Å². The lowest BCUT2D eigenvalue weighted by Gasteiger charge is -2.17. The van der Waals surface area contributed by atoms with Crippen molar-refractivity contribution >= 4 is 0 Å². The van der Waals surface area contributed by atoms with Crippen molar-refractivity contribution in [3.05, 3.63) is 12.2 Å². The van der Waals surface area contributed by atoms with Crippen molar-refractivity contribution in [2.24, 2.45) is 5.92 Å². The number of hydrogen-bond acceptors (Lipinski definition) is 2. The summed E-state index contributed by atoms with van der Waals surface area (Å²) in [5, 5.41) is 3.31. The fourth-order valence-electron chi connectivity index (χ4n) is 0.935. The highest BCUT2D eigenvalue weighted by Gasteiger charge is 2.07. The SMILES string of the molecule is C=C(CNCCC)COC(C)C(C)C. The van der Waals surface area contributed by atoms with Crippen LogP contribution in [0.15, 0.2) is 12.2 Å². The van der Waals surface area contributed by atoms with E-state index in [-0.39, 0.29) is 0 Å². The molecule has 0 saturated heterocycles. The monoisotopic (exact) mass is 199 g/mol. The standard InChI is InChI=1S/C12H25NO/c1-6-7-13-8-11(4)9-14-12(5)10(2)3/h10,12-13H,4,6-9H2,1-3,5H3. The van der Waals surface area contributed by atoms with Gasteiger partial charge in [0.15, 0.2) is 0 Å². The summed E-state index contributed by atoms with van der Waals surface area (Å²) >= 11 is 0. The Balaban J connectivity index is 3.44. The smallest absolute Gasteiger partial charge is 0.0690 e. The maximum atomic E-state index is 5.66. The Morgan fingerprint density at radius 3 is 2.50 bits per heavy atom. The Labute approximate surface area is 88.7 Å². The number of hydrogen-bond donors (Lipinski definition) is 1. The molecule has 84 valence electrons. The van der Waals surface area contributed by atoms with E-state index in [9.17, 15) is 0 Å². The summed E-state index contributed by atoms with van der Waals surface area (Å²) in [6.45, 7) is 15.2. The first-order valence-corrected chi connectivity index (χ1v) is 5.56. The van der Waals surface area contributed by atoms with E-state index in [0.717, 1.165) is 25.1 Å². The summed E-state index contributed by atoms with van der Waals surface area (Å²) in [7, 11) is 0. The van der Waals surface area contributed by atoms with Gasteiger partial charge in [0.05, 0.1) is 12.7 Å². The molecule has 0 aliphatic carbocycles. The minimum atomic E-state index is 0.318. The molecule has 1 atom stereocenters. The van der Waals surface area contributed by atoms with Crippen molar-refractivity contribution in [2.45, 2.75) is 40.2 Å². The number of ether oxygens (including phenoxy) is 1. The third kappa shape index (κ3) is 7.10. The molecule has 0 amide bonds. The molecule has 0 bridgehead atoms. The fourth-order valence-corrected chi connectivity index (χ4v) is 0.935. The van der Waals surface area contributed by atoms with Crippen LogP contribution >= 0.6 is 0 Å². The number of rotatable bonds is 8. The molecular weight excluding hydrogens is 174 g/mol. The van der Waals surface area contributed by atoms with Crippen molar-refractivity contribution in [2.75, 3.05) is 19.7 Å². The first kappa shape index (κ1) is 13.7. The molecule has 0 saturated carbocycles. The molecule has 0 aromatic carbocycles. The Kier molecular flexibility index (Phi) is 7.81. The predicted molar refractivity (Wildman–Crippen MR) is 62.6 cm³/mol. The molecule has 1 N–H and O–H groups in total. The van der Waals surface area contributed by atoms with E-state index in [1.165, 1.54) is 0 Å². The van der Waals surface area contributed by atoms with E-state index in [1.807, 2.05) is 0 Å². The first-order chi connectivity index (χ1) is 6.57. The van der Waals surface area contributed by atoms with Crippen molar-refractivity contribution in [3.63, 3.8) is 0 Å². The van der Waals surface area contributed by atoms with Crippen LogP contribution in [-0.4, -0.2) is 25.8 Å². The second-order valence-electron chi connectivity index (χ2n) is 4.19. The van der Waals surface area contributed by atoms with Crippen LogP contribution in [-0.2, 0) is 4.74 Å². The summed E-state index contributed by atoms with van der Waals surface area (Å²) in [5.41, 5.74) is 1.13. The van der Waals surface area contributed by atoms with E-state index < -0.39 is 0 Å². The van der Waals surface area contributed by atoms with Crippen molar-refractivity contribution in [1.82, 2.24) is 5.32 Å². The molecule has 0 heterocycles. The lowest BCUT2D eigenvalue weighted by molar-refractivity contribution is 0.0499. The van der Waals surface area contributed by atoms with E-state index >= 15 is 0 Å². The van der Waals surface area contributed by atoms with Crippen LogP contribution in [0, 0.1) is 5.92 Å². The van der Waals surface area contributed by atoms with Crippen molar-refractivity contribution < 1.29 is 4.74 Å². The molecule has 0 rings (SSSR count). The molecule has 0 radical (unpaired) electrons. The quantitative estimate of drug-likeness (QED) is 0.479. The lowest BCUT2D eigenvalue weighted by Crippen LogP contribution is -2.22. The van der Waals surface area contributed by atoms with Crippen LogP contribution in [0.25, 0.3) is 0 Å². The topological polar surface area (TPSA) is 21.3 Å². The highest BCUT2D eigenvalue weighted by Crippen LogP contribution is 2.06. The predicted octanol–water partition coefficient (Wildman–Crippen LogP) is 2.60. The fraction of sp³-hybridized carbons (Fsp3) is 0.833. The normalized spacial score (nSPS) is 13.2. The molecule has 0 aromatic heterocycles. The molecular formula is C12H25NO. The van der Waals surface area contributed by atoms with Gasteiger partial charge in [0, 0.05) is 6.54 Å². The maximum Gasteiger partial charge on any atom is 0.0690 e. The van der Waals surface area contributed by atoms with Crippen LogP contribution in [0.4, 0.5) is 0 Å². The van der Waals surface area contributed by atoms with Gasteiger partial charge in [-0.25, -0.2) is 0 Å². The van der Waals surface area contributed by atoms with E-state index in [2.05, 4.69) is 39.6 Å². The minimum absolute atomic E-state index is 0.318. The third-order valence-electron chi connectivity index (χ3n) is 2.29. The molecule has 2 heteroatoms. The molecule has 0 aromatic rings. The van der Waals surface area contributed by atoms with E-state index in [1.54, 1.807) is 0 Å². The summed E-state index contributed by atoms with van der Waals surface area (Å²) in [5.74, 6) is 0.575. The molecule has 14 heavy (non-hydrogen) atoms. The highest BCUT2D eigenvalue weighted by molar-refractivity contribution is 4.96. The van der Waals surface area contributed by atoms with Gasteiger partial charge in [0.2, 0.25) is 0 Å². The summed E-state index contributed by atoms with van der Waals surface area (Å²) in [6.07, 6.45) is 1.48. The molecule has 0 aliphatic heterocycles. The second kappa shape index (κ2) is 8.01. The zero-order chi connectivity index (χ0) is 11.0. The molecule has 0 aliphatic rings. The largest absolute Gasteiger partial charge is 0.374 e. The average molecular weight is 199 g/mol. The third-order valence-corrected chi connectivity index (χ3v) is 2.29. The average Bonchev–Trinajstić information content (AvgIpc) is 2.14. The van der Waals surface area contributed by atoms with Crippen LogP contribution in [0.5, 0.6) is 0 Å².